The molecule has 1 saturated heterocycles. The van der Waals surface area contributed by atoms with Gasteiger partial charge < -0.3 is 15.3 Å². The number of likely N-dealkylation sites (tertiary alicyclic amines) is 1. The number of hydrogen-bond donors (Lipinski definition) is 2. The van der Waals surface area contributed by atoms with E-state index in [1.807, 2.05) is 0 Å². The van der Waals surface area contributed by atoms with E-state index in [0.29, 0.717) is 37.2 Å². The van der Waals surface area contributed by atoms with E-state index < -0.39 is 11.8 Å². The minimum Gasteiger partial charge on any atom is -0.393 e. The van der Waals surface area contributed by atoms with Crippen molar-refractivity contribution in [3.63, 3.8) is 0 Å². The molecule has 1 heterocycles. The first kappa shape index (κ1) is 14.1. The number of aliphatic hydroxyl groups is 1. The molecule has 1 aromatic rings. The molecular weight excluding hydrogens is 256 g/mol. The van der Waals surface area contributed by atoms with Gasteiger partial charge in [-0.3, -0.25) is 9.59 Å². The molecule has 5 heteroatoms. The lowest BCUT2D eigenvalue weighted by Gasteiger charge is -2.28. The molecule has 20 heavy (non-hydrogen) atoms. The van der Waals surface area contributed by atoms with Gasteiger partial charge in [0.2, 0.25) is 0 Å². The lowest BCUT2D eigenvalue weighted by atomic mass is 10.1. The first-order valence-corrected chi connectivity index (χ1v) is 6.45. The van der Waals surface area contributed by atoms with Gasteiger partial charge in [0.15, 0.2) is 0 Å². The number of aliphatic hydroxyl groups excluding tert-OH is 1. The summed E-state index contributed by atoms with van der Waals surface area (Å²) in [6.07, 6.45) is 5.91. The Bertz CT molecular complexity index is 554. The van der Waals surface area contributed by atoms with Crippen LogP contribution >= 0.6 is 0 Å². The molecule has 2 rings (SSSR count). The average Bonchev–Trinajstić information content (AvgIpc) is 2.47. The Balaban J connectivity index is 1.97. The normalized spacial score (nSPS) is 15.5. The van der Waals surface area contributed by atoms with Crippen LogP contribution in [0, 0.1) is 12.3 Å². The fourth-order valence-corrected chi connectivity index (χ4v) is 2.08. The number of carbonyl (C=O) groups excluding carboxylic acids is 2. The first-order valence-electron chi connectivity index (χ1n) is 6.45. The van der Waals surface area contributed by atoms with Crippen LogP contribution in [-0.2, 0) is 9.59 Å². The minimum atomic E-state index is -0.685. The average molecular weight is 272 g/mol. The number of piperidine rings is 1. The van der Waals surface area contributed by atoms with Gasteiger partial charge in [-0.25, -0.2) is 0 Å². The highest BCUT2D eigenvalue weighted by molar-refractivity contribution is 6.39. The maximum absolute atomic E-state index is 12.0. The molecule has 0 atom stereocenters. The number of anilines is 1. The third kappa shape index (κ3) is 3.37. The summed E-state index contributed by atoms with van der Waals surface area (Å²) in [6, 6.07) is 6.76. The number of nitrogens with zero attached hydrogens (tertiary/aromatic N) is 1. The smallest absolute Gasteiger partial charge is 0.313 e. The largest absolute Gasteiger partial charge is 0.393 e. The van der Waals surface area contributed by atoms with Gasteiger partial charge in [-0.1, -0.05) is 12.0 Å². The second-order valence-electron chi connectivity index (χ2n) is 4.70. The molecule has 2 amide bonds. The molecule has 0 radical (unpaired) electrons. The van der Waals surface area contributed by atoms with Crippen molar-refractivity contribution < 1.29 is 14.7 Å². The molecule has 1 aliphatic rings. The second kappa shape index (κ2) is 6.22. The molecule has 1 aromatic carbocycles. The topological polar surface area (TPSA) is 69.6 Å². The van der Waals surface area contributed by atoms with Gasteiger partial charge in [-0.05, 0) is 31.0 Å². The van der Waals surface area contributed by atoms with Crippen LogP contribution < -0.4 is 5.32 Å². The summed E-state index contributed by atoms with van der Waals surface area (Å²) in [5.41, 5.74) is 1.13. The number of terminal acetylenes is 1. The van der Waals surface area contributed by atoms with Crippen LogP contribution in [0.15, 0.2) is 24.3 Å². The van der Waals surface area contributed by atoms with Crippen LogP contribution in [0.3, 0.4) is 0 Å². The third-order valence-corrected chi connectivity index (χ3v) is 3.23. The van der Waals surface area contributed by atoms with E-state index in [1.54, 1.807) is 24.3 Å². The van der Waals surface area contributed by atoms with Gasteiger partial charge in [0, 0.05) is 24.3 Å². The Morgan fingerprint density at radius 3 is 2.70 bits per heavy atom. The third-order valence-electron chi connectivity index (χ3n) is 3.23. The van der Waals surface area contributed by atoms with Gasteiger partial charge in [-0.2, -0.15) is 0 Å². The van der Waals surface area contributed by atoms with Crippen LogP contribution in [0.25, 0.3) is 0 Å². The molecule has 2 N–H and O–H groups in total. The first-order chi connectivity index (χ1) is 9.60. The zero-order valence-electron chi connectivity index (χ0n) is 11.0. The van der Waals surface area contributed by atoms with Gasteiger partial charge in [0.05, 0.1) is 6.10 Å². The molecule has 1 fully saturated rings. The standard InChI is InChI=1S/C15H16N2O3/c1-2-11-4-3-5-12(10-11)16-14(19)15(20)17-8-6-13(18)7-9-17/h1,3-5,10,13,18H,6-9H2,(H,16,19). The highest BCUT2D eigenvalue weighted by Gasteiger charge is 2.26. The van der Waals surface area contributed by atoms with Crippen molar-refractivity contribution in [2.24, 2.45) is 0 Å². The molecule has 1 aliphatic heterocycles. The molecule has 0 spiro atoms. The summed E-state index contributed by atoms with van der Waals surface area (Å²) in [5, 5.41) is 11.9. The monoisotopic (exact) mass is 272 g/mol. The predicted molar refractivity (Wildman–Crippen MR) is 74.8 cm³/mol. The number of carbonyl (C=O) groups is 2. The van der Waals surface area contributed by atoms with E-state index in [4.69, 9.17) is 6.42 Å². The van der Waals surface area contributed by atoms with Crippen molar-refractivity contribution in [2.75, 3.05) is 18.4 Å². The number of benzene rings is 1. The van der Waals surface area contributed by atoms with Crippen molar-refractivity contribution in [3.8, 4) is 12.3 Å². The molecule has 0 saturated carbocycles. The fraction of sp³-hybridized carbons (Fsp3) is 0.333. The van der Waals surface area contributed by atoms with Crippen molar-refractivity contribution in [1.29, 1.82) is 0 Å². The van der Waals surface area contributed by atoms with Gasteiger partial charge >= 0.3 is 11.8 Å². The highest BCUT2D eigenvalue weighted by Crippen LogP contribution is 2.12. The maximum Gasteiger partial charge on any atom is 0.313 e. The van der Waals surface area contributed by atoms with E-state index in [-0.39, 0.29) is 6.10 Å². The molecule has 5 nitrogen and oxygen atoms in total. The maximum atomic E-state index is 12.0. The van der Waals surface area contributed by atoms with Gasteiger partial charge in [0.1, 0.15) is 0 Å². The Kier molecular flexibility index (Phi) is 4.38. The second-order valence-corrected chi connectivity index (χ2v) is 4.70. The van der Waals surface area contributed by atoms with Crippen LogP contribution in [0.4, 0.5) is 5.69 Å². The number of amides is 2. The lowest BCUT2D eigenvalue weighted by molar-refractivity contribution is -0.144. The Hall–Kier alpha value is -2.32. The molecule has 0 aromatic heterocycles. The minimum absolute atomic E-state index is 0.380. The fourth-order valence-electron chi connectivity index (χ4n) is 2.08. The summed E-state index contributed by atoms with van der Waals surface area (Å²) in [4.78, 5) is 25.3. The number of nitrogens with one attached hydrogen (secondary N) is 1. The van der Waals surface area contributed by atoms with Crippen LogP contribution in [0.2, 0.25) is 0 Å². The molecule has 0 bridgehead atoms. The van der Waals surface area contributed by atoms with Crippen LogP contribution in [-0.4, -0.2) is 41.0 Å². The number of hydrogen-bond acceptors (Lipinski definition) is 3. The quantitative estimate of drug-likeness (QED) is 0.580. The molecule has 0 aliphatic carbocycles. The lowest BCUT2D eigenvalue weighted by Crippen LogP contribution is -2.45. The van der Waals surface area contributed by atoms with E-state index in [2.05, 4.69) is 11.2 Å². The Morgan fingerprint density at radius 2 is 2.05 bits per heavy atom. The Morgan fingerprint density at radius 1 is 1.35 bits per heavy atom. The van der Waals surface area contributed by atoms with E-state index in [1.165, 1.54) is 4.90 Å². The summed E-state index contributed by atoms with van der Waals surface area (Å²) >= 11 is 0. The van der Waals surface area contributed by atoms with E-state index >= 15 is 0 Å². The molecule has 104 valence electrons. The van der Waals surface area contributed by atoms with E-state index in [9.17, 15) is 14.7 Å². The van der Waals surface area contributed by atoms with Crippen molar-refractivity contribution in [3.05, 3.63) is 29.8 Å². The predicted octanol–water partition coefficient (Wildman–Crippen LogP) is 0.590. The summed E-state index contributed by atoms with van der Waals surface area (Å²) in [5.74, 6) is 1.20. The van der Waals surface area contributed by atoms with Crippen molar-refractivity contribution >= 4 is 17.5 Å². The SMILES string of the molecule is C#Cc1cccc(NC(=O)C(=O)N2CCC(O)CC2)c1. The number of rotatable bonds is 1. The zero-order valence-corrected chi connectivity index (χ0v) is 11.0. The summed E-state index contributed by atoms with van der Waals surface area (Å²) in [7, 11) is 0. The Labute approximate surface area is 117 Å². The summed E-state index contributed by atoms with van der Waals surface area (Å²) < 4.78 is 0. The molecular formula is C15H16N2O3. The van der Waals surface area contributed by atoms with Crippen molar-refractivity contribution in [1.82, 2.24) is 4.90 Å². The van der Waals surface area contributed by atoms with Gasteiger partial charge in [-0.15, -0.1) is 6.42 Å². The highest BCUT2D eigenvalue weighted by atomic mass is 16.3. The van der Waals surface area contributed by atoms with Gasteiger partial charge in [0.25, 0.3) is 0 Å². The van der Waals surface area contributed by atoms with Crippen LogP contribution in [0.1, 0.15) is 18.4 Å². The van der Waals surface area contributed by atoms with E-state index in [0.717, 1.165) is 0 Å². The zero-order chi connectivity index (χ0) is 14.5. The summed E-state index contributed by atoms with van der Waals surface area (Å²) in [6.45, 7) is 0.801. The molecule has 0 unspecified atom stereocenters. The van der Waals surface area contributed by atoms with Crippen molar-refractivity contribution in [2.45, 2.75) is 18.9 Å². The van der Waals surface area contributed by atoms with Crippen LogP contribution in [0.5, 0.6) is 0 Å².